The van der Waals surface area contributed by atoms with Crippen molar-refractivity contribution in [2.75, 3.05) is 5.32 Å². The van der Waals surface area contributed by atoms with Crippen LogP contribution in [0.4, 0.5) is 14.6 Å². The van der Waals surface area contributed by atoms with E-state index in [1.54, 1.807) is 6.07 Å². The van der Waals surface area contributed by atoms with Crippen LogP contribution in [-0.2, 0) is 10.2 Å². The molecule has 3 rings (SSSR count). The van der Waals surface area contributed by atoms with E-state index < -0.39 is 17.0 Å². The molecular formula is C16H14F2N2O2. The topological polar surface area (TPSA) is 62.2 Å². The first kappa shape index (κ1) is 14.4. The molecule has 114 valence electrons. The summed E-state index contributed by atoms with van der Waals surface area (Å²) >= 11 is 0. The van der Waals surface area contributed by atoms with Crippen LogP contribution in [0.2, 0.25) is 0 Å². The van der Waals surface area contributed by atoms with Crippen molar-refractivity contribution in [1.29, 1.82) is 0 Å². The maximum Gasteiger partial charge on any atom is 0.226 e. The van der Waals surface area contributed by atoms with E-state index in [-0.39, 0.29) is 29.2 Å². The van der Waals surface area contributed by atoms with Gasteiger partial charge in [0.05, 0.1) is 5.56 Å². The van der Waals surface area contributed by atoms with Crippen LogP contribution in [-0.4, -0.2) is 16.0 Å². The molecule has 1 aromatic carbocycles. The summed E-state index contributed by atoms with van der Waals surface area (Å²) in [6.07, 6.45) is 1.57. The van der Waals surface area contributed by atoms with Gasteiger partial charge in [-0.15, -0.1) is 0 Å². The summed E-state index contributed by atoms with van der Waals surface area (Å²) in [7, 11) is 0. The van der Waals surface area contributed by atoms with Gasteiger partial charge in [-0.1, -0.05) is 13.8 Å². The lowest BCUT2D eigenvalue weighted by atomic mass is 9.78. The van der Waals surface area contributed by atoms with Crippen molar-refractivity contribution in [2.24, 2.45) is 0 Å². The van der Waals surface area contributed by atoms with E-state index in [0.717, 1.165) is 12.1 Å². The van der Waals surface area contributed by atoms with Gasteiger partial charge in [0.2, 0.25) is 5.91 Å². The first-order valence-corrected chi connectivity index (χ1v) is 6.77. The minimum absolute atomic E-state index is 0.141. The lowest BCUT2D eigenvalue weighted by Gasteiger charge is -2.31. The Bertz CT molecular complexity index is 788. The average Bonchev–Trinajstić information content (AvgIpc) is 2.43. The normalized spacial score (nSPS) is 16.1. The number of nitrogens with zero attached hydrogens (tertiary/aromatic N) is 1. The number of nitrogens with one attached hydrogen (secondary N) is 1. The third kappa shape index (κ3) is 2.20. The Kier molecular flexibility index (Phi) is 3.12. The van der Waals surface area contributed by atoms with Crippen molar-refractivity contribution in [1.82, 2.24) is 4.98 Å². The first-order chi connectivity index (χ1) is 10.3. The monoisotopic (exact) mass is 304 g/mol. The second-order valence-electron chi connectivity index (χ2n) is 5.98. The summed E-state index contributed by atoms with van der Waals surface area (Å²) in [5.74, 6) is -2.27. The van der Waals surface area contributed by atoms with Crippen LogP contribution in [0.15, 0.2) is 24.4 Å². The molecular weight excluding hydrogens is 290 g/mol. The number of amides is 1. The number of hydrogen-bond acceptors (Lipinski definition) is 3. The van der Waals surface area contributed by atoms with E-state index in [4.69, 9.17) is 0 Å². The maximum absolute atomic E-state index is 14.0. The van der Waals surface area contributed by atoms with Gasteiger partial charge >= 0.3 is 0 Å². The fourth-order valence-corrected chi connectivity index (χ4v) is 2.70. The van der Waals surface area contributed by atoms with Gasteiger partial charge in [0.1, 0.15) is 11.6 Å². The lowest BCUT2D eigenvalue weighted by Crippen LogP contribution is -2.33. The van der Waals surface area contributed by atoms with Crippen LogP contribution in [0, 0.1) is 11.6 Å². The SMILES string of the molecule is CC1(C)CC(=O)Nc2ncc(-c3c(O)ccc(F)c3F)cc21. The van der Waals surface area contributed by atoms with Crippen molar-refractivity contribution in [2.45, 2.75) is 25.7 Å². The fraction of sp³-hybridized carbons (Fsp3) is 0.250. The standard InChI is InChI=1S/C16H14F2N2O2/c1-16(2)6-12(22)20-15-9(16)5-8(7-19-15)13-11(21)4-3-10(17)14(13)18/h3-5,7,21H,6H2,1-2H3,(H,19,20,22). The van der Waals surface area contributed by atoms with E-state index in [1.807, 2.05) is 13.8 Å². The summed E-state index contributed by atoms with van der Waals surface area (Å²) in [5, 5.41) is 12.5. The van der Waals surface area contributed by atoms with E-state index >= 15 is 0 Å². The van der Waals surface area contributed by atoms with Gasteiger partial charge in [-0.3, -0.25) is 4.79 Å². The van der Waals surface area contributed by atoms with E-state index in [1.165, 1.54) is 6.20 Å². The number of carbonyl (C=O) groups excluding carboxylic acids is 1. The smallest absolute Gasteiger partial charge is 0.226 e. The van der Waals surface area contributed by atoms with Crippen molar-refractivity contribution in [3.63, 3.8) is 0 Å². The molecule has 4 nitrogen and oxygen atoms in total. The third-order valence-corrected chi connectivity index (χ3v) is 3.84. The zero-order chi connectivity index (χ0) is 16.1. The van der Waals surface area contributed by atoms with Gasteiger partial charge in [-0.25, -0.2) is 13.8 Å². The molecule has 0 aliphatic carbocycles. The number of phenolic OH excluding ortho intramolecular Hbond substituents is 1. The van der Waals surface area contributed by atoms with Gasteiger partial charge in [0, 0.05) is 29.2 Å². The highest BCUT2D eigenvalue weighted by molar-refractivity contribution is 5.94. The second-order valence-corrected chi connectivity index (χ2v) is 5.98. The Morgan fingerprint density at radius 1 is 1.32 bits per heavy atom. The molecule has 0 radical (unpaired) electrons. The molecule has 0 fully saturated rings. The predicted octanol–water partition coefficient (Wildman–Crippen LogP) is 3.35. The minimum atomic E-state index is -1.13. The molecule has 0 spiro atoms. The number of aromatic hydroxyl groups is 1. The largest absolute Gasteiger partial charge is 0.507 e. The van der Waals surface area contributed by atoms with Gasteiger partial charge in [0.25, 0.3) is 0 Å². The molecule has 2 heterocycles. The van der Waals surface area contributed by atoms with Crippen LogP contribution < -0.4 is 5.32 Å². The van der Waals surface area contributed by atoms with Crippen LogP contribution in [0.3, 0.4) is 0 Å². The molecule has 0 bridgehead atoms. The number of fused-ring (bicyclic) bond motifs is 1. The quantitative estimate of drug-likeness (QED) is 0.849. The molecule has 0 saturated carbocycles. The van der Waals surface area contributed by atoms with Crippen molar-refractivity contribution < 1.29 is 18.7 Å². The maximum atomic E-state index is 14.0. The minimum Gasteiger partial charge on any atom is -0.507 e. The second kappa shape index (κ2) is 4.76. The van der Waals surface area contributed by atoms with Gasteiger partial charge in [-0.05, 0) is 18.2 Å². The van der Waals surface area contributed by atoms with Gasteiger partial charge in [0.15, 0.2) is 11.6 Å². The van der Waals surface area contributed by atoms with E-state index in [0.29, 0.717) is 11.4 Å². The molecule has 1 aliphatic rings. The number of carbonyl (C=O) groups is 1. The van der Waals surface area contributed by atoms with Crippen molar-refractivity contribution in [3.8, 4) is 16.9 Å². The third-order valence-electron chi connectivity index (χ3n) is 3.84. The molecule has 0 atom stereocenters. The zero-order valence-corrected chi connectivity index (χ0v) is 12.1. The summed E-state index contributed by atoms with van der Waals surface area (Å²) in [4.78, 5) is 15.8. The number of rotatable bonds is 1. The molecule has 1 aliphatic heterocycles. The zero-order valence-electron chi connectivity index (χ0n) is 12.1. The molecule has 0 unspecified atom stereocenters. The average molecular weight is 304 g/mol. The van der Waals surface area contributed by atoms with Gasteiger partial charge < -0.3 is 10.4 Å². The number of phenols is 1. The number of anilines is 1. The van der Waals surface area contributed by atoms with E-state index in [9.17, 15) is 18.7 Å². The molecule has 6 heteroatoms. The highest BCUT2D eigenvalue weighted by Gasteiger charge is 2.33. The highest BCUT2D eigenvalue weighted by atomic mass is 19.2. The summed E-state index contributed by atoms with van der Waals surface area (Å²) in [6, 6.07) is 3.59. The van der Waals surface area contributed by atoms with Crippen LogP contribution in [0.1, 0.15) is 25.8 Å². The van der Waals surface area contributed by atoms with Crippen LogP contribution in [0.5, 0.6) is 5.75 Å². The van der Waals surface area contributed by atoms with Gasteiger partial charge in [-0.2, -0.15) is 0 Å². The Balaban J connectivity index is 2.20. The Labute approximate surface area is 125 Å². The molecule has 2 N–H and O–H groups in total. The number of aromatic nitrogens is 1. The Morgan fingerprint density at radius 3 is 2.77 bits per heavy atom. The Morgan fingerprint density at radius 2 is 2.05 bits per heavy atom. The number of benzene rings is 1. The summed E-state index contributed by atoms with van der Waals surface area (Å²) in [5.41, 5.74) is 0.258. The lowest BCUT2D eigenvalue weighted by molar-refractivity contribution is -0.117. The number of pyridine rings is 1. The van der Waals surface area contributed by atoms with E-state index in [2.05, 4.69) is 10.3 Å². The number of halogens is 2. The van der Waals surface area contributed by atoms with Crippen LogP contribution >= 0.6 is 0 Å². The molecule has 0 saturated heterocycles. The van der Waals surface area contributed by atoms with Crippen molar-refractivity contribution in [3.05, 3.63) is 41.6 Å². The molecule has 22 heavy (non-hydrogen) atoms. The Hall–Kier alpha value is -2.50. The summed E-state index contributed by atoms with van der Waals surface area (Å²) < 4.78 is 27.4. The predicted molar refractivity (Wildman–Crippen MR) is 77.5 cm³/mol. The van der Waals surface area contributed by atoms with Crippen LogP contribution in [0.25, 0.3) is 11.1 Å². The molecule has 1 amide bonds. The first-order valence-electron chi connectivity index (χ1n) is 6.77. The fourth-order valence-electron chi connectivity index (χ4n) is 2.70. The van der Waals surface area contributed by atoms with Crippen molar-refractivity contribution >= 4 is 11.7 Å². The number of hydrogen-bond donors (Lipinski definition) is 2. The highest BCUT2D eigenvalue weighted by Crippen LogP contribution is 2.40. The molecule has 2 aromatic rings. The summed E-state index contributed by atoms with van der Waals surface area (Å²) in [6.45, 7) is 3.75. The molecule has 1 aromatic heterocycles.